The van der Waals surface area contributed by atoms with Crippen LogP contribution in [0.15, 0.2) is 24.3 Å². The quantitative estimate of drug-likeness (QED) is 0.264. The number of likely N-dealkylation sites (tertiary alicyclic amines) is 1. The van der Waals surface area contributed by atoms with E-state index >= 15 is 0 Å². The van der Waals surface area contributed by atoms with Crippen molar-refractivity contribution in [3.63, 3.8) is 0 Å². The number of alkyl carbamates (subject to hydrolysis) is 1. The summed E-state index contributed by atoms with van der Waals surface area (Å²) < 4.78 is 9.85. The third-order valence-electron chi connectivity index (χ3n) is 4.24. The van der Waals surface area contributed by atoms with Crippen molar-refractivity contribution in [1.82, 2.24) is 10.2 Å². The van der Waals surface area contributed by atoms with E-state index in [1.165, 1.54) is 11.8 Å². The van der Waals surface area contributed by atoms with Crippen LogP contribution in [-0.4, -0.2) is 55.1 Å². The first kappa shape index (κ1) is 23.4. The third kappa shape index (κ3) is 7.17. The number of carbonyl (C=O) groups is 4. The molecular weight excluding hydrogens is 364 g/mol. The van der Waals surface area contributed by atoms with Gasteiger partial charge >= 0.3 is 12.1 Å². The Morgan fingerprint density at radius 2 is 1.82 bits per heavy atom. The molecule has 1 fully saturated rings. The van der Waals surface area contributed by atoms with Gasteiger partial charge in [0.2, 0.25) is 5.91 Å². The van der Waals surface area contributed by atoms with E-state index in [0.717, 1.165) is 0 Å². The van der Waals surface area contributed by atoms with Crippen LogP contribution in [0.25, 0.3) is 0 Å². The number of rotatable bonds is 10. The van der Waals surface area contributed by atoms with Crippen LogP contribution in [0.1, 0.15) is 46.5 Å². The summed E-state index contributed by atoms with van der Waals surface area (Å²) in [6.07, 6.45) is 1.73. The van der Waals surface area contributed by atoms with E-state index in [4.69, 9.17) is 9.47 Å². The van der Waals surface area contributed by atoms with Crippen molar-refractivity contribution in [2.24, 2.45) is 5.41 Å². The Kier molecular flexibility index (Phi) is 8.88. The van der Waals surface area contributed by atoms with Crippen molar-refractivity contribution in [1.29, 1.82) is 0 Å². The molecule has 0 bridgehead atoms. The van der Waals surface area contributed by atoms with Crippen LogP contribution in [-0.2, 0) is 23.9 Å². The number of hydrogen-bond acceptors (Lipinski definition) is 6. The summed E-state index contributed by atoms with van der Waals surface area (Å²) in [5.41, 5.74) is 0.146. The summed E-state index contributed by atoms with van der Waals surface area (Å²) in [6, 6.07) is 0. The number of unbranched alkanes of at least 4 members (excludes halogenated alkanes) is 2. The fraction of sp³-hybridized carbons (Fsp3) is 0.600. The number of imide groups is 1. The zero-order valence-electron chi connectivity index (χ0n) is 17.0. The molecule has 8 heteroatoms. The SMILES string of the molecule is C=C(C)C(=O)OCCNC(=O)OCCCCCN1C(=O)C(=C)CC(C)(C)C1=O. The minimum atomic E-state index is -0.606. The average Bonchev–Trinajstić information content (AvgIpc) is 2.61. The standard InChI is InChI=1S/C20H30N2O6/c1-14(2)17(24)27-12-9-21-19(26)28-11-8-6-7-10-22-16(23)15(3)13-20(4,5)18(22)25/h1,3,6-13H2,2,4-5H3,(H,21,26). The fourth-order valence-corrected chi connectivity index (χ4v) is 2.72. The van der Waals surface area contributed by atoms with Gasteiger partial charge in [0.25, 0.3) is 5.91 Å². The van der Waals surface area contributed by atoms with Crippen molar-refractivity contribution in [3.8, 4) is 0 Å². The highest BCUT2D eigenvalue weighted by atomic mass is 16.6. The Balaban J connectivity index is 2.15. The van der Waals surface area contributed by atoms with Crippen LogP contribution in [0.4, 0.5) is 4.79 Å². The molecule has 1 aliphatic rings. The van der Waals surface area contributed by atoms with Gasteiger partial charge in [-0.3, -0.25) is 14.5 Å². The van der Waals surface area contributed by atoms with Gasteiger partial charge in [-0.1, -0.05) is 27.0 Å². The first-order valence-electron chi connectivity index (χ1n) is 9.33. The number of amides is 3. The van der Waals surface area contributed by atoms with Crippen LogP contribution in [0.5, 0.6) is 0 Å². The normalized spacial score (nSPS) is 16.0. The van der Waals surface area contributed by atoms with Gasteiger partial charge in [-0.15, -0.1) is 0 Å². The molecule has 0 atom stereocenters. The van der Waals surface area contributed by atoms with Crippen molar-refractivity contribution in [2.75, 3.05) is 26.3 Å². The lowest BCUT2D eigenvalue weighted by Crippen LogP contribution is -2.50. The first-order chi connectivity index (χ1) is 13.1. The first-order valence-corrected chi connectivity index (χ1v) is 9.33. The summed E-state index contributed by atoms with van der Waals surface area (Å²) in [6.45, 7) is 13.1. The van der Waals surface area contributed by atoms with Crippen molar-refractivity contribution >= 4 is 23.9 Å². The second-order valence-corrected chi connectivity index (χ2v) is 7.47. The highest BCUT2D eigenvalue weighted by Crippen LogP contribution is 2.33. The van der Waals surface area contributed by atoms with E-state index in [0.29, 0.717) is 43.4 Å². The molecular formula is C20H30N2O6. The Morgan fingerprint density at radius 1 is 1.14 bits per heavy atom. The molecule has 8 nitrogen and oxygen atoms in total. The number of nitrogens with zero attached hydrogens (tertiary/aromatic N) is 1. The maximum absolute atomic E-state index is 12.4. The number of carbonyl (C=O) groups excluding carboxylic acids is 4. The molecule has 0 unspecified atom stereocenters. The molecule has 0 spiro atoms. The second-order valence-electron chi connectivity index (χ2n) is 7.47. The van der Waals surface area contributed by atoms with Crippen LogP contribution in [0, 0.1) is 5.41 Å². The fourth-order valence-electron chi connectivity index (χ4n) is 2.72. The summed E-state index contributed by atoms with van der Waals surface area (Å²) in [5, 5.41) is 2.47. The van der Waals surface area contributed by atoms with E-state index < -0.39 is 17.5 Å². The zero-order chi connectivity index (χ0) is 21.3. The second kappa shape index (κ2) is 10.6. The molecule has 1 N–H and O–H groups in total. The predicted octanol–water partition coefficient (Wildman–Crippen LogP) is 2.34. The molecule has 0 aromatic rings. The number of hydrogen-bond donors (Lipinski definition) is 1. The number of ether oxygens (including phenoxy) is 2. The number of esters is 1. The minimum absolute atomic E-state index is 0.0420. The Labute approximate surface area is 165 Å². The van der Waals surface area contributed by atoms with Gasteiger partial charge in [0.1, 0.15) is 6.61 Å². The highest BCUT2D eigenvalue weighted by Gasteiger charge is 2.41. The topological polar surface area (TPSA) is 102 Å². The Hall–Kier alpha value is -2.64. The largest absolute Gasteiger partial charge is 0.460 e. The molecule has 0 aromatic heterocycles. The highest BCUT2D eigenvalue weighted by molar-refractivity contribution is 6.08. The minimum Gasteiger partial charge on any atom is -0.460 e. The summed E-state index contributed by atoms with van der Waals surface area (Å²) in [5.74, 6) is -0.979. The molecule has 28 heavy (non-hydrogen) atoms. The molecule has 1 rings (SSSR count). The van der Waals surface area contributed by atoms with Gasteiger partial charge in [-0.05, 0) is 32.6 Å². The number of nitrogens with one attached hydrogen (secondary N) is 1. The molecule has 3 amide bonds. The molecule has 1 heterocycles. The molecule has 0 radical (unpaired) electrons. The van der Waals surface area contributed by atoms with Crippen molar-refractivity contribution in [3.05, 3.63) is 24.3 Å². The Bertz CT molecular complexity index is 653. The van der Waals surface area contributed by atoms with Crippen LogP contribution < -0.4 is 5.32 Å². The van der Waals surface area contributed by atoms with E-state index in [1.54, 1.807) is 0 Å². The van der Waals surface area contributed by atoms with E-state index in [-0.39, 0.29) is 31.6 Å². The molecule has 0 aromatic carbocycles. The maximum Gasteiger partial charge on any atom is 0.407 e. The van der Waals surface area contributed by atoms with E-state index in [2.05, 4.69) is 18.5 Å². The van der Waals surface area contributed by atoms with Crippen LogP contribution >= 0.6 is 0 Å². The number of piperidine rings is 1. The zero-order valence-corrected chi connectivity index (χ0v) is 17.0. The van der Waals surface area contributed by atoms with Crippen LogP contribution in [0.3, 0.4) is 0 Å². The summed E-state index contributed by atoms with van der Waals surface area (Å²) in [4.78, 5) is 48.4. The summed E-state index contributed by atoms with van der Waals surface area (Å²) in [7, 11) is 0. The third-order valence-corrected chi connectivity index (χ3v) is 4.24. The summed E-state index contributed by atoms with van der Waals surface area (Å²) >= 11 is 0. The van der Waals surface area contributed by atoms with E-state index in [9.17, 15) is 19.2 Å². The van der Waals surface area contributed by atoms with E-state index in [1.807, 2.05) is 13.8 Å². The van der Waals surface area contributed by atoms with Gasteiger partial charge in [0, 0.05) is 23.1 Å². The molecule has 1 aliphatic heterocycles. The van der Waals surface area contributed by atoms with Crippen molar-refractivity contribution < 1.29 is 28.7 Å². The van der Waals surface area contributed by atoms with Gasteiger partial charge < -0.3 is 14.8 Å². The monoisotopic (exact) mass is 394 g/mol. The van der Waals surface area contributed by atoms with Gasteiger partial charge in [0.15, 0.2) is 0 Å². The van der Waals surface area contributed by atoms with Gasteiger partial charge in [0.05, 0.1) is 13.2 Å². The lowest BCUT2D eigenvalue weighted by molar-refractivity contribution is -0.152. The lowest BCUT2D eigenvalue weighted by Gasteiger charge is -2.36. The molecule has 0 aliphatic carbocycles. The lowest BCUT2D eigenvalue weighted by atomic mass is 9.80. The maximum atomic E-state index is 12.4. The smallest absolute Gasteiger partial charge is 0.407 e. The Morgan fingerprint density at radius 3 is 2.46 bits per heavy atom. The van der Waals surface area contributed by atoms with Crippen molar-refractivity contribution in [2.45, 2.75) is 46.5 Å². The predicted molar refractivity (Wildman–Crippen MR) is 103 cm³/mol. The molecule has 1 saturated heterocycles. The van der Waals surface area contributed by atoms with Gasteiger partial charge in [-0.25, -0.2) is 9.59 Å². The van der Waals surface area contributed by atoms with Crippen LogP contribution in [0.2, 0.25) is 0 Å². The molecule has 0 saturated carbocycles. The average molecular weight is 394 g/mol. The van der Waals surface area contributed by atoms with Gasteiger partial charge in [-0.2, -0.15) is 0 Å². The molecule has 156 valence electrons.